The van der Waals surface area contributed by atoms with Gasteiger partial charge in [0.1, 0.15) is 0 Å². The SMILES string of the molecule is CCC(C)C1CN(C(C)COC)C(C)CN1. The zero-order chi connectivity index (χ0) is 12.1. The quantitative estimate of drug-likeness (QED) is 0.775. The number of nitrogens with one attached hydrogen (secondary N) is 1. The number of hydrogen-bond acceptors (Lipinski definition) is 3. The summed E-state index contributed by atoms with van der Waals surface area (Å²) in [5.74, 6) is 0.754. The van der Waals surface area contributed by atoms with E-state index < -0.39 is 0 Å². The standard InChI is InChI=1S/C13H28N2O/c1-6-10(2)13-8-15(11(3)7-14-13)12(4)9-16-5/h10-14H,6-9H2,1-5H3. The summed E-state index contributed by atoms with van der Waals surface area (Å²) in [6.07, 6.45) is 1.25. The molecule has 0 aromatic heterocycles. The van der Waals surface area contributed by atoms with Crippen molar-refractivity contribution in [2.45, 2.75) is 52.2 Å². The van der Waals surface area contributed by atoms with Crippen LogP contribution in [0.3, 0.4) is 0 Å². The van der Waals surface area contributed by atoms with Crippen molar-refractivity contribution >= 4 is 0 Å². The van der Waals surface area contributed by atoms with Gasteiger partial charge in [-0.25, -0.2) is 0 Å². The third kappa shape index (κ3) is 3.44. The first-order valence-electron chi connectivity index (χ1n) is 6.58. The van der Waals surface area contributed by atoms with Gasteiger partial charge in [-0.15, -0.1) is 0 Å². The molecule has 0 amide bonds. The maximum Gasteiger partial charge on any atom is 0.0615 e. The second-order valence-electron chi connectivity index (χ2n) is 5.25. The number of piperazine rings is 1. The minimum absolute atomic E-state index is 0.522. The van der Waals surface area contributed by atoms with E-state index in [2.05, 4.69) is 37.9 Å². The van der Waals surface area contributed by atoms with Gasteiger partial charge in [0.2, 0.25) is 0 Å². The summed E-state index contributed by atoms with van der Waals surface area (Å²) in [4.78, 5) is 2.58. The Bertz CT molecular complexity index is 198. The first kappa shape index (κ1) is 13.9. The van der Waals surface area contributed by atoms with E-state index >= 15 is 0 Å². The van der Waals surface area contributed by atoms with Crippen molar-refractivity contribution in [1.29, 1.82) is 0 Å². The molecule has 0 aromatic carbocycles. The van der Waals surface area contributed by atoms with Gasteiger partial charge in [-0.2, -0.15) is 0 Å². The fourth-order valence-electron chi connectivity index (χ4n) is 2.53. The van der Waals surface area contributed by atoms with E-state index in [1.165, 1.54) is 6.42 Å². The van der Waals surface area contributed by atoms with Gasteiger partial charge < -0.3 is 10.1 Å². The smallest absolute Gasteiger partial charge is 0.0615 e. The van der Waals surface area contributed by atoms with Gasteiger partial charge in [0, 0.05) is 38.3 Å². The van der Waals surface area contributed by atoms with Gasteiger partial charge >= 0.3 is 0 Å². The lowest BCUT2D eigenvalue weighted by Gasteiger charge is -2.43. The van der Waals surface area contributed by atoms with Gasteiger partial charge in [-0.05, 0) is 19.8 Å². The average Bonchev–Trinajstić information content (AvgIpc) is 2.29. The lowest BCUT2D eigenvalue weighted by atomic mass is 9.95. The molecule has 96 valence electrons. The van der Waals surface area contributed by atoms with Gasteiger partial charge in [0.15, 0.2) is 0 Å². The fourth-order valence-corrected chi connectivity index (χ4v) is 2.53. The molecular formula is C13H28N2O. The average molecular weight is 228 g/mol. The van der Waals surface area contributed by atoms with Crippen molar-refractivity contribution in [3.63, 3.8) is 0 Å². The highest BCUT2D eigenvalue weighted by atomic mass is 16.5. The Labute approximate surface area is 101 Å². The summed E-state index contributed by atoms with van der Waals surface area (Å²) < 4.78 is 5.27. The summed E-state index contributed by atoms with van der Waals surface area (Å²) in [5.41, 5.74) is 0. The van der Waals surface area contributed by atoms with Crippen LogP contribution in [0.1, 0.15) is 34.1 Å². The van der Waals surface area contributed by atoms with Crippen LogP contribution < -0.4 is 5.32 Å². The Morgan fingerprint density at radius 1 is 1.44 bits per heavy atom. The van der Waals surface area contributed by atoms with Crippen LogP contribution in [0, 0.1) is 5.92 Å². The monoisotopic (exact) mass is 228 g/mol. The van der Waals surface area contributed by atoms with Crippen LogP contribution in [-0.2, 0) is 4.74 Å². The summed E-state index contributed by atoms with van der Waals surface area (Å²) in [6.45, 7) is 12.3. The maximum atomic E-state index is 5.27. The summed E-state index contributed by atoms with van der Waals surface area (Å²) in [7, 11) is 1.79. The molecule has 0 saturated carbocycles. The normalized spacial score (nSPS) is 31.3. The zero-order valence-corrected chi connectivity index (χ0v) is 11.5. The summed E-state index contributed by atoms with van der Waals surface area (Å²) in [5, 5.41) is 3.66. The summed E-state index contributed by atoms with van der Waals surface area (Å²) >= 11 is 0. The molecule has 0 radical (unpaired) electrons. The van der Waals surface area contributed by atoms with Gasteiger partial charge in [-0.1, -0.05) is 20.3 Å². The molecule has 1 rings (SSSR count). The van der Waals surface area contributed by atoms with E-state index in [-0.39, 0.29) is 0 Å². The van der Waals surface area contributed by atoms with Gasteiger partial charge in [0.05, 0.1) is 6.61 Å². The van der Waals surface area contributed by atoms with Gasteiger partial charge in [-0.3, -0.25) is 4.90 Å². The summed E-state index contributed by atoms with van der Waals surface area (Å²) in [6, 6.07) is 1.78. The van der Waals surface area contributed by atoms with Crippen LogP contribution in [-0.4, -0.2) is 49.8 Å². The largest absolute Gasteiger partial charge is 0.383 e. The van der Waals surface area contributed by atoms with Crippen LogP contribution in [0.15, 0.2) is 0 Å². The van der Waals surface area contributed by atoms with Crippen molar-refractivity contribution in [1.82, 2.24) is 10.2 Å². The molecule has 1 heterocycles. The first-order chi connectivity index (χ1) is 7.60. The molecule has 0 bridgehead atoms. The molecule has 1 fully saturated rings. The van der Waals surface area contributed by atoms with Gasteiger partial charge in [0.25, 0.3) is 0 Å². The predicted molar refractivity (Wildman–Crippen MR) is 68.8 cm³/mol. The molecule has 1 aliphatic rings. The molecule has 16 heavy (non-hydrogen) atoms. The molecule has 1 saturated heterocycles. The van der Waals surface area contributed by atoms with Crippen LogP contribution in [0.2, 0.25) is 0 Å². The third-order valence-electron chi connectivity index (χ3n) is 3.95. The number of rotatable bonds is 5. The zero-order valence-electron chi connectivity index (χ0n) is 11.5. The van der Waals surface area contributed by atoms with Crippen LogP contribution in [0.4, 0.5) is 0 Å². The first-order valence-corrected chi connectivity index (χ1v) is 6.58. The molecule has 0 spiro atoms. The van der Waals surface area contributed by atoms with E-state index in [0.29, 0.717) is 18.1 Å². The number of methoxy groups -OCH3 is 1. The Balaban J connectivity index is 2.54. The highest BCUT2D eigenvalue weighted by Gasteiger charge is 2.30. The highest BCUT2D eigenvalue weighted by Crippen LogP contribution is 2.17. The third-order valence-corrected chi connectivity index (χ3v) is 3.95. The second kappa shape index (κ2) is 6.58. The molecule has 4 unspecified atom stereocenters. The topological polar surface area (TPSA) is 24.5 Å². The van der Waals surface area contributed by atoms with Crippen molar-refractivity contribution < 1.29 is 4.74 Å². The lowest BCUT2D eigenvalue weighted by molar-refractivity contribution is 0.0387. The molecular weight excluding hydrogens is 200 g/mol. The van der Waals surface area contributed by atoms with Crippen molar-refractivity contribution in [2.24, 2.45) is 5.92 Å². The molecule has 1 N–H and O–H groups in total. The maximum absolute atomic E-state index is 5.27. The Morgan fingerprint density at radius 2 is 2.12 bits per heavy atom. The fraction of sp³-hybridized carbons (Fsp3) is 1.00. The molecule has 3 nitrogen and oxygen atoms in total. The van der Waals surface area contributed by atoms with E-state index in [4.69, 9.17) is 4.74 Å². The van der Waals surface area contributed by atoms with Crippen molar-refractivity contribution in [2.75, 3.05) is 26.8 Å². The lowest BCUT2D eigenvalue weighted by Crippen LogP contribution is -2.60. The Hall–Kier alpha value is -0.120. The van der Waals surface area contributed by atoms with E-state index in [0.717, 1.165) is 25.6 Å². The van der Waals surface area contributed by atoms with Crippen molar-refractivity contribution in [3.8, 4) is 0 Å². The minimum Gasteiger partial charge on any atom is -0.383 e. The highest BCUT2D eigenvalue weighted by molar-refractivity contribution is 4.88. The molecule has 1 aliphatic heterocycles. The molecule has 3 heteroatoms. The second-order valence-corrected chi connectivity index (χ2v) is 5.25. The van der Waals surface area contributed by atoms with Crippen LogP contribution in [0.25, 0.3) is 0 Å². The predicted octanol–water partition coefficient (Wildman–Crippen LogP) is 1.73. The van der Waals surface area contributed by atoms with Crippen LogP contribution in [0.5, 0.6) is 0 Å². The molecule has 0 aliphatic carbocycles. The minimum atomic E-state index is 0.522. The molecule has 0 aromatic rings. The number of hydrogen-bond donors (Lipinski definition) is 1. The van der Waals surface area contributed by atoms with E-state index in [1.807, 2.05) is 0 Å². The van der Waals surface area contributed by atoms with E-state index in [9.17, 15) is 0 Å². The number of nitrogens with zero attached hydrogens (tertiary/aromatic N) is 1. The molecule has 4 atom stereocenters. The number of ether oxygens (including phenoxy) is 1. The van der Waals surface area contributed by atoms with Crippen molar-refractivity contribution in [3.05, 3.63) is 0 Å². The van der Waals surface area contributed by atoms with Crippen LogP contribution >= 0.6 is 0 Å². The Morgan fingerprint density at radius 3 is 2.69 bits per heavy atom. The van der Waals surface area contributed by atoms with E-state index in [1.54, 1.807) is 7.11 Å². The Kier molecular flexibility index (Phi) is 5.73.